The Balaban J connectivity index is 3.62. The third-order valence-electron chi connectivity index (χ3n) is 1.24. The molecule has 0 aliphatic heterocycles. The van der Waals surface area contributed by atoms with Crippen molar-refractivity contribution in [2.45, 2.75) is 33.6 Å². The predicted octanol–water partition coefficient (Wildman–Crippen LogP) is 2.64. The van der Waals surface area contributed by atoms with Gasteiger partial charge in [-0.25, -0.2) is 0 Å². The van der Waals surface area contributed by atoms with E-state index in [4.69, 9.17) is 5.11 Å². The van der Waals surface area contributed by atoms with E-state index in [1.807, 2.05) is 6.92 Å². The van der Waals surface area contributed by atoms with Gasteiger partial charge >= 0.3 is 0 Å². The summed E-state index contributed by atoms with van der Waals surface area (Å²) in [5.74, 6) is 0.479. The van der Waals surface area contributed by atoms with Crippen LogP contribution in [0.5, 0.6) is 0 Å². The Morgan fingerprint density at radius 2 is 1.88 bits per heavy atom. The summed E-state index contributed by atoms with van der Waals surface area (Å²) in [4.78, 5) is 0. The molecule has 0 fully saturated rings. The topological polar surface area (TPSA) is 20.2 Å². The van der Waals surface area contributed by atoms with Crippen LogP contribution in [0.1, 0.15) is 33.6 Å². The third-order valence-corrected chi connectivity index (χ3v) is 1.24. The highest BCUT2D eigenvalue weighted by molar-refractivity contribution is 5.00. The quantitative estimate of drug-likeness (QED) is 0.547. The summed E-state index contributed by atoms with van der Waals surface area (Å²) in [5, 5.41) is 8.83. The number of aliphatic hydroxyl groups is 1. The largest absolute Gasteiger partial charge is 0.513 e. The third kappa shape index (κ3) is 2.67. The molecule has 0 spiro atoms. The number of hydrogen-bond acceptors (Lipinski definition) is 1. The molecule has 1 N–H and O–H groups in total. The minimum Gasteiger partial charge on any atom is -0.513 e. The summed E-state index contributed by atoms with van der Waals surface area (Å²) >= 11 is 0. The van der Waals surface area contributed by atoms with Gasteiger partial charge in [-0.2, -0.15) is 0 Å². The molecule has 8 heavy (non-hydrogen) atoms. The summed E-state index contributed by atoms with van der Waals surface area (Å²) in [6.07, 6.45) is 2.13. The van der Waals surface area contributed by atoms with Gasteiger partial charge in [-0.3, -0.25) is 0 Å². The molecule has 48 valence electrons. The summed E-state index contributed by atoms with van der Waals surface area (Å²) < 4.78 is 0. The van der Waals surface area contributed by atoms with E-state index in [0.717, 1.165) is 18.4 Å². The van der Waals surface area contributed by atoms with E-state index in [1.54, 1.807) is 6.92 Å². The van der Waals surface area contributed by atoms with E-state index in [2.05, 4.69) is 6.92 Å². The Labute approximate surface area is 51.0 Å². The normalized spacial score (nSPS) is 13.4. The molecule has 0 heterocycles. The highest BCUT2D eigenvalue weighted by Crippen LogP contribution is 2.06. The fraction of sp³-hybridized carbons (Fsp3) is 0.714. The van der Waals surface area contributed by atoms with Crippen molar-refractivity contribution in [1.29, 1.82) is 0 Å². The first-order valence-corrected chi connectivity index (χ1v) is 3.03. The zero-order valence-corrected chi connectivity index (χ0v) is 5.86. The zero-order valence-electron chi connectivity index (χ0n) is 5.86. The molecule has 0 saturated carbocycles. The first-order valence-electron chi connectivity index (χ1n) is 3.03. The highest BCUT2D eigenvalue weighted by atomic mass is 16.3. The van der Waals surface area contributed by atoms with E-state index in [1.165, 1.54) is 0 Å². The minimum absolute atomic E-state index is 0.479. The lowest BCUT2D eigenvalue weighted by Crippen LogP contribution is -1.80. The minimum atomic E-state index is 0.479. The van der Waals surface area contributed by atoms with Gasteiger partial charge in [-0.05, 0) is 25.8 Å². The van der Waals surface area contributed by atoms with E-state index < -0.39 is 0 Å². The van der Waals surface area contributed by atoms with Gasteiger partial charge < -0.3 is 5.11 Å². The van der Waals surface area contributed by atoms with Gasteiger partial charge in [0.25, 0.3) is 0 Å². The van der Waals surface area contributed by atoms with Crippen molar-refractivity contribution in [3.63, 3.8) is 0 Å². The van der Waals surface area contributed by atoms with E-state index in [0.29, 0.717) is 5.76 Å². The van der Waals surface area contributed by atoms with Crippen molar-refractivity contribution in [2.24, 2.45) is 0 Å². The number of aliphatic hydroxyl groups excluding tert-OH is 1. The molecule has 0 amide bonds. The van der Waals surface area contributed by atoms with E-state index in [-0.39, 0.29) is 0 Å². The van der Waals surface area contributed by atoms with Crippen molar-refractivity contribution in [1.82, 2.24) is 0 Å². The molecule has 0 radical (unpaired) electrons. The maximum absolute atomic E-state index is 8.83. The standard InChI is InChI=1S/C7H14O/c1-4-5-6(2)7(3)8/h8H,4-5H2,1-3H3/b7-6-. The number of hydrogen-bond donors (Lipinski definition) is 1. The first-order chi connectivity index (χ1) is 3.68. The van der Waals surface area contributed by atoms with Gasteiger partial charge in [-0.15, -0.1) is 0 Å². The number of rotatable bonds is 2. The average molecular weight is 114 g/mol. The van der Waals surface area contributed by atoms with Crippen LogP contribution in [0, 0.1) is 0 Å². The average Bonchev–Trinajstić information content (AvgIpc) is 1.67. The van der Waals surface area contributed by atoms with Crippen LogP contribution in [0.2, 0.25) is 0 Å². The molecule has 0 unspecified atom stereocenters. The van der Waals surface area contributed by atoms with Gasteiger partial charge in [-0.1, -0.05) is 13.3 Å². The lowest BCUT2D eigenvalue weighted by Gasteiger charge is -1.96. The molecule has 0 aliphatic rings. The van der Waals surface area contributed by atoms with Crippen molar-refractivity contribution in [3.05, 3.63) is 11.3 Å². The molecule has 0 aromatic rings. The van der Waals surface area contributed by atoms with E-state index in [9.17, 15) is 0 Å². The molecular weight excluding hydrogens is 100 g/mol. The van der Waals surface area contributed by atoms with Crippen LogP contribution in [-0.2, 0) is 0 Å². The molecule has 0 aromatic carbocycles. The van der Waals surface area contributed by atoms with Gasteiger partial charge in [0.05, 0.1) is 5.76 Å². The highest BCUT2D eigenvalue weighted by Gasteiger charge is 1.89. The van der Waals surface area contributed by atoms with Crippen molar-refractivity contribution < 1.29 is 5.11 Å². The van der Waals surface area contributed by atoms with Crippen molar-refractivity contribution in [2.75, 3.05) is 0 Å². The Morgan fingerprint density at radius 3 is 2.00 bits per heavy atom. The zero-order chi connectivity index (χ0) is 6.57. The van der Waals surface area contributed by atoms with Gasteiger partial charge in [0.15, 0.2) is 0 Å². The Bertz CT molecular complexity index is 88.6. The Hall–Kier alpha value is -0.460. The smallest absolute Gasteiger partial charge is 0.0880 e. The maximum Gasteiger partial charge on any atom is 0.0880 e. The predicted molar refractivity (Wildman–Crippen MR) is 35.9 cm³/mol. The monoisotopic (exact) mass is 114 g/mol. The molecule has 1 heteroatoms. The van der Waals surface area contributed by atoms with Crippen LogP contribution in [0.15, 0.2) is 11.3 Å². The number of allylic oxidation sites excluding steroid dienone is 2. The molecule has 0 atom stereocenters. The summed E-state index contributed by atoms with van der Waals surface area (Å²) in [6, 6.07) is 0. The second kappa shape index (κ2) is 3.53. The second-order valence-corrected chi connectivity index (χ2v) is 2.12. The van der Waals surface area contributed by atoms with Crippen LogP contribution in [0.4, 0.5) is 0 Å². The van der Waals surface area contributed by atoms with Crippen LogP contribution in [-0.4, -0.2) is 5.11 Å². The molecule has 0 rings (SSSR count). The molecule has 0 bridgehead atoms. The fourth-order valence-corrected chi connectivity index (χ4v) is 0.556. The molecule has 0 aromatic heterocycles. The Morgan fingerprint density at radius 1 is 1.38 bits per heavy atom. The van der Waals surface area contributed by atoms with Gasteiger partial charge in [0.2, 0.25) is 0 Å². The SMILES string of the molecule is CCC/C(C)=C(/C)O. The lowest BCUT2D eigenvalue weighted by molar-refractivity contribution is 0.404. The summed E-state index contributed by atoms with van der Waals surface area (Å²) in [6.45, 7) is 5.79. The fourth-order valence-electron chi connectivity index (χ4n) is 0.556. The van der Waals surface area contributed by atoms with Crippen molar-refractivity contribution >= 4 is 0 Å². The van der Waals surface area contributed by atoms with E-state index >= 15 is 0 Å². The van der Waals surface area contributed by atoms with Gasteiger partial charge in [0, 0.05) is 0 Å². The first kappa shape index (κ1) is 7.54. The lowest BCUT2D eigenvalue weighted by atomic mass is 10.1. The van der Waals surface area contributed by atoms with Crippen LogP contribution >= 0.6 is 0 Å². The Kier molecular flexibility index (Phi) is 3.33. The summed E-state index contributed by atoms with van der Waals surface area (Å²) in [7, 11) is 0. The molecular formula is C7H14O. The molecule has 1 nitrogen and oxygen atoms in total. The van der Waals surface area contributed by atoms with Gasteiger partial charge in [0.1, 0.15) is 0 Å². The molecule has 0 aliphatic carbocycles. The van der Waals surface area contributed by atoms with Crippen molar-refractivity contribution in [3.8, 4) is 0 Å². The summed E-state index contributed by atoms with van der Waals surface area (Å²) in [5.41, 5.74) is 1.10. The molecule has 0 saturated heterocycles. The van der Waals surface area contributed by atoms with Crippen LogP contribution in [0.25, 0.3) is 0 Å². The van der Waals surface area contributed by atoms with Crippen LogP contribution < -0.4 is 0 Å². The van der Waals surface area contributed by atoms with Crippen LogP contribution in [0.3, 0.4) is 0 Å². The second-order valence-electron chi connectivity index (χ2n) is 2.12. The maximum atomic E-state index is 8.83.